The first-order valence-electron chi connectivity index (χ1n) is 9.84. The summed E-state index contributed by atoms with van der Waals surface area (Å²) in [6, 6.07) is 11.0. The number of aromatic nitrogens is 1. The predicted octanol–water partition coefficient (Wildman–Crippen LogP) is 2.81. The molecule has 2 N–H and O–H groups in total. The number of hydrogen-bond donors (Lipinski definition) is 2. The molecule has 1 amide bonds. The zero-order valence-electron chi connectivity index (χ0n) is 17.2. The van der Waals surface area contributed by atoms with Crippen molar-refractivity contribution in [3.05, 3.63) is 63.4 Å². The summed E-state index contributed by atoms with van der Waals surface area (Å²) in [6.07, 6.45) is 1.24. The molecular formula is C23H24N2O5. The number of rotatable bonds is 6. The Morgan fingerprint density at radius 2 is 1.97 bits per heavy atom. The number of ether oxygens (including phenoxy) is 2. The van der Waals surface area contributed by atoms with Crippen molar-refractivity contribution in [1.29, 1.82) is 0 Å². The van der Waals surface area contributed by atoms with E-state index in [4.69, 9.17) is 9.47 Å². The van der Waals surface area contributed by atoms with Crippen LogP contribution in [0, 0.1) is 0 Å². The number of methoxy groups -OCH3 is 2. The smallest absolute Gasteiger partial charge is 0.267 e. The molecule has 0 saturated heterocycles. The van der Waals surface area contributed by atoms with Crippen LogP contribution in [0.5, 0.6) is 17.2 Å². The molecule has 156 valence electrons. The van der Waals surface area contributed by atoms with Gasteiger partial charge < -0.3 is 24.5 Å². The molecule has 0 spiro atoms. The van der Waals surface area contributed by atoms with E-state index in [1.165, 1.54) is 0 Å². The van der Waals surface area contributed by atoms with Crippen LogP contribution in [-0.4, -0.2) is 36.3 Å². The fourth-order valence-corrected chi connectivity index (χ4v) is 4.17. The van der Waals surface area contributed by atoms with Crippen molar-refractivity contribution in [2.75, 3.05) is 20.8 Å². The van der Waals surface area contributed by atoms with Crippen LogP contribution in [0.25, 0.3) is 10.9 Å². The number of benzene rings is 2. The third kappa shape index (κ3) is 3.16. The Labute approximate surface area is 173 Å². The standard InChI is InChI=1S/C23H24N2O5/c1-13-11-15-5-4-6-16-20(15)25(13)23(28)19(21(16)26)22(27)24-10-9-14-7-8-17(29-2)18(12-14)30-3/h4-8,12-13,26H,9-11H2,1-3H3,(H,24,27)/t13-/m1/s1. The molecule has 1 atom stereocenters. The third-order valence-electron chi connectivity index (χ3n) is 5.62. The molecule has 0 fully saturated rings. The second-order valence-electron chi connectivity index (χ2n) is 7.46. The molecule has 0 unspecified atom stereocenters. The molecule has 2 aromatic carbocycles. The monoisotopic (exact) mass is 408 g/mol. The maximum absolute atomic E-state index is 13.0. The topological polar surface area (TPSA) is 89.8 Å². The van der Waals surface area contributed by atoms with E-state index in [-0.39, 0.29) is 17.4 Å². The molecule has 2 heterocycles. The SMILES string of the molecule is COc1ccc(CCNC(=O)c2c(O)c3cccc4c3n(c2=O)[C@H](C)C4)cc1OC. The minimum Gasteiger partial charge on any atom is -0.506 e. The molecule has 3 aromatic rings. The van der Waals surface area contributed by atoms with Crippen LogP contribution in [0.1, 0.15) is 34.5 Å². The van der Waals surface area contributed by atoms with E-state index in [0.717, 1.165) is 16.6 Å². The van der Waals surface area contributed by atoms with E-state index in [9.17, 15) is 14.7 Å². The van der Waals surface area contributed by atoms with Crippen LogP contribution in [0.4, 0.5) is 0 Å². The summed E-state index contributed by atoms with van der Waals surface area (Å²) in [5.74, 6) is 0.407. The average Bonchev–Trinajstić information content (AvgIpc) is 3.08. The van der Waals surface area contributed by atoms with Gasteiger partial charge in [0.2, 0.25) is 0 Å². The van der Waals surface area contributed by atoms with Crippen molar-refractivity contribution in [2.24, 2.45) is 0 Å². The molecule has 0 aliphatic carbocycles. The lowest BCUT2D eigenvalue weighted by molar-refractivity contribution is 0.0949. The number of carbonyl (C=O) groups excluding carboxylic acids is 1. The molecule has 1 aromatic heterocycles. The van der Waals surface area contributed by atoms with E-state index < -0.39 is 11.5 Å². The number of hydrogen-bond acceptors (Lipinski definition) is 5. The molecular weight excluding hydrogens is 384 g/mol. The maximum atomic E-state index is 13.0. The van der Waals surface area contributed by atoms with E-state index >= 15 is 0 Å². The number of carbonyl (C=O) groups is 1. The van der Waals surface area contributed by atoms with E-state index in [1.54, 1.807) is 30.9 Å². The lowest BCUT2D eigenvalue weighted by Crippen LogP contribution is -2.34. The minimum absolute atomic E-state index is 0.0590. The highest BCUT2D eigenvalue weighted by molar-refractivity contribution is 6.03. The van der Waals surface area contributed by atoms with Crippen molar-refractivity contribution < 1.29 is 19.4 Å². The fraction of sp³-hybridized carbons (Fsp3) is 0.304. The van der Waals surface area contributed by atoms with Gasteiger partial charge in [0, 0.05) is 18.0 Å². The Hall–Kier alpha value is -3.48. The number of aromatic hydroxyl groups is 1. The van der Waals surface area contributed by atoms with Crippen LogP contribution in [0.3, 0.4) is 0 Å². The van der Waals surface area contributed by atoms with Gasteiger partial charge >= 0.3 is 0 Å². The second kappa shape index (κ2) is 7.74. The Bertz CT molecular complexity index is 1200. The van der Waals surface area contributed by atoms with Crippen molar-refractivity contribution >= 4 is 16.8 Å². The Balaban J connectivity index is 1.57. The van der Waals surface area contributed by atoms with Crippen molar-refractivity contribution in [3.63, 3.8) is 0 Å². The number of amides is 1. The van der Waals surface area contributed by atoms with Crippen LogP contribution in [0.15, 0.2) is 41.2 Å². The van der Waals surface area contributed by atoms with Crippen LogP contribution in [-0.2, 0) is 12.8 Å². The van der Waals surface area contributed by atoms with E-state index in [0.29, 0.717) is 36.3 Å². The highest BCUT2D eigenvalue weighted by Crippen LogP contribution is 2.36. The van der Waals surface area contributed by atoms with Gasteiger partial charge in [0.25, 0.3) is 11.5 Å². The Morgan fingerprint density at radius 3 is 2.70 bits per heavy atom. The second-order valence-corrected chi connectivity index (χ2v) is 7.46. The molecule has 7 nitrogen and oxygen atoms in total. The van der Waals surface area contributed by atoms with Crippen LogP contribution < -0.4 is 20.3 Å². The third-order valence-corrected chi connectivity index (χ3v) is 5.62. The van der Waals surface area contributed by atoms with Gasteiger partial charge in [-0.3, -0.25) is 9.59 Å². The molecule has 4 rings (SSSR count). The zero-order valence-corrected chi connectivity index (χ0v) is 17.2. The lowest BCUT2D eigenvalue weighted by atomic mass is 10.1. The fourth-order valence-electron chi connectivity index (χ4n) is 4.17. The van der Waals surface area contributed by atoms with Gasteiger partial charge in [0.05, 0.1) is 19.7 Å². The van der Waals surface area contributed by atoms with Gasteiger partial charge in [-0.15, -0.1) is 0 Å². The predicted molar refractivity (Wildman–Crippen MR) is 114 cm³/mol. The number of nitrogens with one attached hydrogen (secondary N) is 1. The zero-order chi connectivity index (χ0) is 21.4. The van der Waals surface area contributed by atoms with Crippen molar-refractivity contribution in [3.8, 4) is 17.2 Å². The van der Waals surface area contributed by atoms with Crippen molar-refractivity contribution in [2.45, 2.75) is 25.8 Å². The highest BCUT2D eigenvalue weighted by atomic mass is 16.5. The maximum Gasteiger partial charge on any atom is 0.267 e. The van der Waals surface area contributed by atoms with Crippen LogP contribution in [0.2, 0.25) is 0 Å². The largest absolute Gasteiger partial charge is 0.506 e. The molecule has 0 saturated carbocycles. The van der Waals surface area contributed by atoms with Gasteiger partial charge in [0.15, 0.2) is 11.5 Å². The van der Waals surface area contributed by atoms with Gasteiger partial charge in [-0.2, -0.15) is 0 Å². The summed E-state index contributed by atoms with van der Waals surface area (Å²) in [5.41, 5.74) is 2.01. The molecule has 0 bridgehead atoms. The van der Waals surface area contributed by atoms with Gasteiger partial charge in [0.1, 0.15) is 11.3 Å². The van der Waals surface area contributed by atoms with Gasteiger partial charge in [-0.25, -0.2) is 0 Å². The Kier molecular flexibility index (Phi) is 5.11. The summed E-state index contributed by atoms with van der Waals surface area (Å²) >= 11 is 0. The first-order valence-corrected chi connectivity index (χ1v) is 9.84. The average molecular weight is 408 g/mol. The summed E-state index contributed by atoms with van der Waals surface area (Å²) in [7, 11) is 3.14. The molecule has 30 heavy (non-hydrogen) atoms. The first kappa shape index (κ1) is 19.8. The van der Waals surface area contributed by atoms with E-state index in [2.05, 4.69) is 5.32 Å². The number of para-hydroxylation sites is 1. The van der Waals surface area contributed by atoms with Crippen LogP contribution >= 0.6 is 0 Å². The van der Waals surface area contributed by atoms with Gasteiger partial charge in [-0.05, 0) is 49.1 Å². The summed E-state index contributed by atoms with van der Waals surface area (Å²) in [4.78, 5) is 25.8. The first-order chi connectivity index (χ1) is 14.5. The van der Waals surface area contributed by atoms with Gasteiger partial charge in [-0.1, -0.05) is 18.2 Å². The summed E-state index contributed by atoms with van der Waals surface area (Å²) in [5, 5.41) is 14.0. The highest BCUT2D eigenvalue weighted by Gasteiger charge is 2.29. The summed E-state index contributed by atoms with van der Waals surface area (Å²) in [6.45, 7) is 2.25. The Morgan fingerprint density at radius 1 is 1.20 bits per heavy atom. The quantitative estimate of drug-likeness (QED) is 0.655. The van der Waals surface area contributed by atoms with Crippen molar-refractivity contribution in [1.82, 2.24) is 9.88 Å². The normalized spacial score (nSPS) is 14.7. The number of pyridine rings is 1. The van der Waals surface area contributed by atoms with E-state index in [1.807, 2.05) is 31.2 Å². The number of nitrogens with zero attached hydrogens (tertiary/aromatic N) is 1. The molecule has 1 aliphatic rings. The molecule has 0 radical (unpaired) electrons. The lowest BCUT2D eigenvalue weighted by Gasteiger charge is -2.14. The summed E-state index contributed by atoms with van der Waals surface area (Å²) < 4.78 is 12.1. The minimum atomic E-state index is -0.576. The molecule has 1 aliphatic heterocycles. The molecule has 7 heteroatoms.